The fourth-order valence-corrected chi connectivity index (χ4v) is 8.27. The summed E-state index contributed by atoms with van der Waals surface area (Å²) in [5, 5.41) is 20.1. The quantitative estimate of drug-likeness (QED) is 0.172. The number of hydrogen-bond donors (Lipinski definition) is 2. The molecule has 4 aromatic carbocycles. The number of methoxy groups -OCH3 is 3. The zero-order chi connectivity index (χ0) is 38.7. The molecule has 0 spiro atoms. The van der Waals surface area contributed by atoms with Gasteiger partial charge in [0, 0.05) is 77.9 Å². The molecule has 57 heavy (non-hydrogen) atoms. The zero-order valence-electron chi connectivity index (χ0n) is 31.7. The molecule has 4 heterocycles. The van der Waals surface area contributed by atoms with E-state index in [9.17, 15) is 18.3 Å². The summed E-state index contributed by atoms with van der Waals surface area (Å²) >= 11 is 1.53. The highest BCUT2D eigenvalue weighted by Gasteiger charge is 2.44. The SMILES string of the molecule is COc1ccc2c(c1)OC1(O)COc3cc(OC)c(OC)cc3C1=C2.Cl.Cl.OCCN1CCN(CCCN2c3ccccc3Sc3ccc(C(F)(F)F)cc32)CC1. The van der Waals surface area contributed by atoms with Crippen molar-refractivity contribution in [2.45, 2.75) is 28.2 Å². The van der Waals surface area contributed by atoms with Crippen LogP contribution in [0.25, 0.3) is 11.6 Å². The second-order valence-electron chi connectivity index (χ2n) is 13.5. The molecule has 4 aliphatic rings. The lowest BCUT2D eigenvalue weighted by Crippen LogP contribution is -2.47. The van der Waals surface area contributed by atoms with Crippen LogP contribution in [0.2, 0.25) is 0 Å². The van der Waals surface area contributed by atoms with Crippen LogP contribution in [0.4, 0.5) is 24.5 Å². The Morgan fingerprint density at radius 1 is 0.772 bits per heavy atom. The van der Waals surface area contributed by atoms with Gasteiger partial charge in [-0.05, 0) is 67.6 Å². The molecule has 0 aromatic heterocycles. The van der Waals surface area contributed by atoms with E-state index in [1.165, 1.54) is 23.9 Å². The lowest BCUT2D eigenvalue weighted by atomic mass is 9.90. The lowest BCUT2D eigenvalue weighted by Gasteiger charge is -2.39. The highest BCUT2D eigenvalue weighted by Crippen LogP contribution is 2.51. The van der Waals surface area contributed by atoms with Crippen molar-refractivity contribution in [1.29, 1.82) is 0 Å². The van der Waals surface area contributed by atoms with Gasteiger partial charge in [0.1, 0.15) is 17.2 Å². The molecule has 0 amide bonds. The largest absolute Gasteiger partial charge is 0.497 e. The summed E-state index contributed by atoms with van der Waals surface area (Å²) < 4.78 is 67.4. The van der Waals surface area contributed by atoms with E-state index in [0.29, 0.717) is 58.7 Å². The molecular formula is C41H46Cl2F3N3O7S. The Balaban J connectivity index is 0.000000213. The molecule has 0 bridgehead atoms. The number of hydrogen-bond acceptors (Lipinski definition) is 11. The summed E-state index contributed by atoms with van der Waals surface area (Å²) in [5.74, 6) is 1.34. The monoisotopic (exact) mass is 851 g/mol. The topological polar surface area (TPSA) is 96.3 Å². The van der Waals surface area contributed by atoms with Crippen LogP contribution in [0.1, 0.15) is 23.1 Å². The number of benzene rings is 4. The number of rotatable bonds is 9. The molecule has 2 N–H and O–H groups in total. The van der Waals surface area contributed by atoms with Crippen LogP contribution >= 0.6 is 36.6 Å². The highest BCUT2D eigenvalue weighted by molar-refractivity contribution is 7.99. The van der Waals surface area contributed by atoms with Crippen molar-refractivity contribution < 1.29 is 47.1 Å². The minimum absolute atomic E-state index is 0. The van der Waals surface area contributed by atoms with Gasteiger partial charge >= 0.3 is 6.18 Å². The molecule has 1 unspecified atom stereocenters. The second kappa shape index (κ2) is 18.7. The van der Waals surface area contributed by atoms with E-state index >= 15 is 0 Å². The van der Waals surface area contributed by atoms with Gasteiger partial charge in [0.15, 0.2) is 18.1 Å². The second-order valence-corrected chi connectivity index (χ2v) is 14.6. The van der Waals surface area contributed by atoms with E-state index in [-0.39, 0.29) is 38.0 Å². The number of piperazine rings is 1. The summed E-state index contributed by atoms with van der Waals surface area (Å²) in [6.45, 7) is 6.26. The molecule has 1 fully saturated rings. The van der Waals surface area contributed by atoms with Crippen molar-refractivity contribution in [1.82, 2.24) is 9.80 Å². The lowest BCUT2D eigenvalue weighted by molar-refractivity contribution is -0.137. The van der Waals surface area contributed by atoms with E-state index in [1.807, 2.05) is 47.4 Å². The molecular weight excluding hydrogens is 806 g/mol. The van der Waals surface area contributed by atoms with Crippen LogP contribution in [0.5, 0.6) is 28.7 Å². The Morgan fingerprint density at radius 3 is 2.14 bits per heavy atom. The molecule has 1 saturated heterocycles. The van der Waals surface area contributed by atoms with Gasteiger partial charge in [-0.2, -0.15) is 13.2 Å². The summed E-state index contributed by atoms with van der Waals surface area (Å²) in [7, 11) is 4.71. The van der Waals surface area contributed by atoms with Gasteiger partial charge in [0.25, 0.3) is 5.79 Å². The molecule has 8 rings (SSSR count). The van der Waals surface area contributed by atoms with Crippen molar-refractivity contribution >= 4 is 59.6 Å². The number of nitrogens with zero attached hydrogens (tertiary/aromatic N) is 3. The minimum Gasteiger partial charge on any atom is -0.497 e. The molecule has 4 aliphatic heterocycles. The molecule has 10 nitrogen and oxygen atoms in total. The van der Waals surface area contributed by atoms with Crippen LogP contribution in [0.3, 0.4) is 0 Å². The molecule has 0 aliphatic carbocycles. The predicted octanol–water partition coefficient (Wildman–Crippen LogP) is 7.88. The fraction of sp³-hybridized carbons (Fsp3) is 0.366. The molecule has 308 valence electrons. The average Bonchev–Trinajstić information content (AvgIpc) is 3.19. The van der Waals surface area contributed by atoms with Gasteiger partial charge in [-0.25, -0.2) is 0 Å². The van der Waals surface area contributed by atoms with Gasteiger partial charge in [-0.3, -0.25) is 4.90 Å². The summed E-state index contributed by atoms with van der Waals surface area (Å²) in [5.41, 5.74) is 3.18. The maximum absolute atomic E-state index is 13.3. The van der Waals surface area contributed by atoms with Crippen molar-refractivity contribution in [3.63, 3.8) is 0 Å². The Bertz CT molecular complexity index is 2050. The minimum atomic E-state index is -4.35. The zero-order valence-corrected chi connectivity index (χ0v) is 34.2. The standard InChI is InChI=1S/C22H26F3N3OS.C19H18O6.2ClH/c23-22(24,25)17-6-7-21-19(16-17)28(18-4-1-2-5-20(18)30-21)9-3-8-26-10-12-27(13-11-26)14-15-29;1-21-12-5-4-11-6-14-13-8-17(22-2)18(23-3)9-16(13)24-10-19(14,20)25-15(11)7-12;;/h1-2,4-7,16,29H,3,8-15H2;4-9,20H,10H2,1-3H3;2*1H. The van der Waals surface area contributed by atoms with E-state index in [2.05, 4.69) is 9.80 Å². The number of ether oxygens (including phenoxy) is 5. The smallest absolute Gasteiger partial charge is 0.416 e. The molecule has 4 aromatic rings. The van der Waals surface area contributed by atoms with Crippen LogP contribution in [-0.2, 0) is 6.18 Å². The molecule has 0 radical (unpaired) electrons. The number of aliphatic hydroxyl groups is 2. The number of β-amino-alcohol motifs (C(OH)–C–C–N with tert-alkyl or cyclic N) is 1. The van der Waals surface area contributed by atoms with Crippen molar-refractivity contribution in [3.05, 3.63) is 89.5 Å². The van der Waals surface area contributed by atoms with Crippen LogP contribution in [0, 0.1) is 0 Å². The van der Waals surface area contributed by atoms with Crippen LogP contribution in [0.15, 0.2) is 82.6 Å². The van der Waals surface area contributed by atoms with Crippen LogP contribution in [-0.4, -0.2) is 106 Å². The summed E-state index contributed by atoms with van der Waals surface area (Å²) in [4.78, 5) is 8.62. The number of aliphatic hydroxyl groups excluding tert-OH is 1. The van der Waals surface area contributed by atoms with Crippen molar-refractivity contribution in [2.24, 2.45) is 0 Å². The molecule has 16 heteroatoms. The van der Waals surface area contributed by atoms with Crippen LogP contribution < -0.4 is 28.6 Å². The van der Waals surface area contributed by atoms with Gasteiger partial charge in [-0.15, -0.1) is 24.8 Å². The Hall–Kier alpha value is -4.02. The van der Waals surface area contributed by atoms with E-state index in [0.717, 1.165) is 60.2 Å². The van der Waals surface area contributed by atoms with E-state index in [1.54, 1.807) is 45.6 Å². The van der Waals surface area contributed by atoms with Crippen molar-refractivity contribution in [3.8, 4) is 28.7 Å². The average molecular weight is 853 g/mol. The van der Waals surface area contributed by atoms with Gasteiger partial charge < -0.3 is 43.7 Å². The van der Waals surface area contributed by atoms with Gasteiger partial charge in [-0.1, -0.05) is 23.9 Å². The predicted molar refractivity (Wildman–Crippen MR) is 220 cm³/mol. The van der Waals surface area contributed by atoms with Gasteiger partial charge in [0.05, 0.1) is 44.9 Å². The van der Waals surface area contributed by atoms with Gasteiger partial charge in [0.2, 0.25) is 0 Å². The maximum Gasteiger partial charge on any atom is 0.416 e. The number of anilines is 2. The number of fused-ring (bicyclic) bond motifs is 6. The third kappa shape index (κ3) is 9.49. The first kappa shape index (κ1) is 44.1. The fourth-order valence-electron chi connectivity index (χ4n) is 7.19. The third-order valence-corrected chi connectivity index (χ3v) is 11.2. The Labute approximate surface area is 346 Å². The van der Waals surface area contributed by atoms with E-state index < -0.39 is 17.5 Å². The van der Waals surface area contributed by atoms with E-state index in [4.69, 9.17) is 28.8 Å². The highest BCUT2D eigenvalue weighted by atomic mass is 35.5. The number of halogens is 5. The molecule has 1 atom stereocenters. The Kier molecular flexibility index (Phi) is 14.5. The number of alkyl halides is 3. The summed E-state index contributed by atoms with van der Waals surface area (Å²) in [6, 6.07) is 20.9. The summed E-state index contributed by atoms with van der Waals surface area (Å²) in [6.07, 6.45) is -1.59. The van der Waals surface area contributed by atoms with Crippen molar-refractivity contribution in [2.75, 3.05) is 85.3 Å². The first-order valence-corrected chi connectivity index (χ1v) is 18.9. The first-order chi connectivity index (χ1) is 26.5. The Morgan fingerprint density at radius 2 is 1.46 bits per heavy atom. The number of para-hydroxylation sites is 1. The normalized spacial score (nSPS) is 18.1. The third-order valence-electron chi connectivity index (χ3n) is 10.1. The molecule has 0 saturated carbocycles. The maximum atomic E-state index is 13.3. The first-order valence-electron chi connectivity index (χ1n) is 18.1.